The second-order valence-electron chi connectivity index (χ2n) is 17.5. The SMILES string of the molecule is CCN1C[C@]2(COC(=O)c3ccccc3N3C(=O)C[C@H](C)C3=O)CC[C@H](OC)[C@]34C1[C@](O)([C@@H](OC)[C@H]23)[C@@]1(O)C[C@H](OC)[C@H]2C[C@@H]4[C@@H]1[C@H]2OC(=O)c1ccccc1. The maximum Gasteiger partial charge on any atom is 0.340 e. The lowest BCUT2D eigenvalue weighted by Crippen LogP contribution is -2.82. The average Bonchev–Trinajstić information content (AvgIpc) is 3.72. The molecule has 1 unspecified atom stereocenters. The van der Waals surface area contributed by atoms with Crippen molar-refractivity contribution in [1.82, 2.24) is 4.90 Å². The van der Waals surface area contributed by atoms with Crippen molar-refractivity contribution in [2.45, 2.75) is 87.6 Å². The van der Waals surface area contributed by atoms with Crippen LogP contribution in [0.2, 0.25) is 0 Å². The highest BCUT2D eigenvalue weighted by Gasteiger charge is 2.92. The van der Waals surface area contributed by atoms with E-state index >= 15 is 0 Å². The highest BCUT2D eigenvalue weighted by atomic mass is 16.6. The number of anilines is 1. The summed E-state index contributed by atoms with van der Waals surface area (Å²) in [5, 5.41) is 27.2. The number of para-hydroxylation sites is 1. The predicted octanol–water partition coefficient (Wildman–Crippen LogP) is 3.25. The van der Waals surface area contributed by atoms with Gasteiger partial charge in [0.15, 0.2) is 0 Å². The number of hydrogen-bond acceptors (Lipinski definition) is 12. The molecule has 0 radical (unpaired) electrons. The van der Waals surface area contributed by atoms with Crippen LogP contribution in [0.25, 0.3) is 0 Å². The smallest absolute Gasteiger partial charge is 0.340 e. The normalized spacial score (nSPS) is 43.2. The van der Waals surface area contributed by atoms with Crippen molar-refractivity contribution in [2.24, 2.45) is 40.4 Å². The number of aliphatic hydroxyl groups is 2. The number of benzene rings is 2. The number of nitrogens with zero attached hydrogens (tertiary/aromatic N) is 2. The summed E-state index contributed by atoms with van der Waals surface area (Å²) in [5.41, 5.74) is -4.50. The molecule has 7 fully saturated rings. The number of fused-ring (bicyclic) bond motifs is 2. The molecule has 2 saturated heterocycles. The van der Waals surface area contributed by atoms with Crippen LogP contribution in [0.5, 0.6) is 0 Å². The minimum absolute atomic E-state index is 0.0349. The summed E-state index contributed by atoms with van der Waals surface area (Å²) in [6, 6.07) is 14.7. The highest BCUT2D eigenvalue weighted by Crippen LogP contribution is 2.80. The van der Waals surface area contributed by atoms with Crippen molar-refractivity contribution < 1.29 is 53.1 Å². The zero-order valence-corrected chi connectivity index (χ0v) is 32.6. The monoisotopic (exact) mass is 772 g/mol. The lowest BCUT2D eigenvalue weighted by Gasteiger charge is -2.70. The van der Waals surface area contributed by atoms with Crippen molar-refractivity contribution in [3.63, 3.8) is 0 Å². The van der Waals surface area contributed by atoms with E-state index in [2.05, 4.69) is 4.90 Å². The van der Waals surface area contributed by atoms with Gasteiger partial charge in [-0.2, -0.15) is 0 Å². The number of ether oxygens (including phenoxy) is 5. The Morgan fingerprint density at radius 1 is 0.946 bits per heavy atom. The van der Waals surface area contributed by atoms with Gasteiger partial charge in [0.1, 0.15) is 17.3 Å². The number of methoxy groups -OCH3 is 3. The predicted molar refractivity (Wildman–Crippen MR) is 199 cm³/mol. The Hall–Kier alpha value is -3.72. The third-order valence-corrected chi connectivity index (χ3v) is 15.5. The van der Waals surface area contributed by atoms with Crippen molar-refractivity contribution in [1.29, 1.82) is 0 Å². The highest BCUT2D eigenvalue weighted by molar-refractivity contribution is 6.22. The summed E-state index contributed by atoms with van der Waals surface area (Å²) in [6.45, 7) is 4.69. The molecule has 56 heavy (non-hydrogen) atoms. The Kier molecular flexibility index (Phi) is 8.89. The topological polar surface area (TPSA) is 161 Å². The van der Waals surface area contributed by atoms with Gasteiger partial charge in [-0.05, 0) is 56.0 Å². The fourth-order valence-corrected chi connectivity index (χ4v) is 13.8. The standard InChI is InChI=1S/C43H52N2O11/c1-6-44-21-40(22-55-38(49)25-14-10-11-15-28(25)45-31(46)18-23(2)36(45)47)17-16-30(53-4)42-27-19-26-29(52-3)20-41(50,43(51,39(42)44)35(54-5)34(40)42)32(27)33(26)56-37(48)24-12-8-7-9-13-24/h7-15,23,26-27,29-30,32-35,39,50-51H,6,16-22H2,1-5H3/t23-,26+,27+,29-,30-,32+,33-,34+,35-,39?,40-,41+,42-,43+/m0/s1. The molecule has 13 heteroatoms. The number of hydrogen-bond donors (Lipinski definition) is 2. The van der Waals surface area contributed by atoms with Crippen LogP contribution in [0.3, 0.4) is 0 Å². The average molecular weight is 773 g/mol. The number of rotatable bonds is 10. The molecular weight excluding hydrogens is 720 g/mol. The van der Waals surface area contributed by atoms with E-state index in [0.29, 0.717) is 37.9 Å². The largest absolute Gasteiger partial charge is 0.461 e. The summed E-state index contributed by atoms with van der Waals surface area (Å²) in [7, 11) is 4.86. The van der Waals surface area contributed by atoms with Crippen molar-refractivity contribution >= 4 is 29.4 Å². The second kappa shape index (κ2) is 13.2. The zero-order valence-electron chi connectivity index (χ0n) is 32.6. The van der Waals surface area contributed by atoms with Crippen LogP contribution in [-0.2, 0) is 33.3 Å². The molecule has 5 aliphatic carbocycles. The van der Waals surface area contributed by atoms with E-state index in [0.717, 1.165) is 4.90 Å². The third kappa shape index (κ3) is 4.64. The number of carbonyl (C=O) groups excluding carboxylic acids is 4. The van der Waals surface area contributed by atoms with Crippen LogP contribution in [0.4, 0.5) is 5.69 Å². The minimum Gasteiger partial charge on any atom is -0.461 e. The van der Waals surface area contributed by atoms with Gasteiger partial charge in [0.2, 0.25) is 11.8 Å². The molecule has 2 aromatic rings. The molecule has 13 nitrogen and oxygen atoms in total. The van der Waals surface area contributed by atoms with Gasteiger partial charge in [0, 0.05) is 75.2 Å². The number of esters is 2. The van der Waals surface area contributed by atoms with Gasteiger partial charge in [0.05, 0.1) is 47.8 Å². The number of imide groups is 1. The molecule has 7 bridgehead atoms. The molecule has 5 saturated carbocycles. The van der Waals surface area contributed by atoms with E-state index in [1.807, 2.05) is 13.0 Å². The molecule has 9 rings (SSSR count). The molecule has 2 N–H and O–H groups in total. The van der Waals surface area contributed by atoms with Gasteiger partial charge in [-0.3, -0.25) is 14.5 Å². The van der Waals surface area contributed by atoms with E-state index in [1.54, 1.807) is 76.8 Å². The first kappa shape index (κ1) is 37.8. The van der Waals surface area contributed by atoms with E-state index < -0.39 is 76.1 Å². The van der Waals surface area contributed by atoms with Gasteiger partial charge in [-0.25, -0.2) is 14.5 Å². The molecule has 0 aromatic heterocycles. The maximum atomic E-state index is 14.2. The van der Waals surface area contributed by atoms with E-state index in [1.165, 1.54) is 0 Å². The number of piperidine rings is 1. The number of likely N-dealkylation sites (tertiary alicyclic amines) is 1. The van der Waals surface area contributed by atoms with Crippen molar-refractivity contribution in [3.05, 3.63) is 65.7 Å². The molecular formula is C43H52N2O11. The van der Waals surface area contributed by atoms with Gasteiger partial charge in [-0.15, -0.1) is 0 Å². The summed E-state index contributed by atoms with van der Waals surface area (Å²) >= 11 is 0. The first-order valence-corrected chi connectivity index (χ1v) is 20.0. The fraction of sp³-hybridized carbons (Fsp3) is 0.628. The van der Waals surface area contributed by atoms with Crippen molar-refractivity contribution in [3.8, 4) is 0 Å². The molecule has 7 aliphatic rings. The Morgan fingerprint density at radius 2 is 1.68 bits per heavy atom. The zero-order chi connectivity index (χ0) is 39.5. The lowest BCUT2D eigenvalue weighted by molar-refractivity contribution is -0.318. The molecule has 2 aromatic carbocycles. The van der Waals surface area contributed by atoms with Crippen LogP contribution in [0.15, 0.2) is 54.6 Å². The van der Waals surface area contributed by atoms with E-state index in [-0.39, 0.29) is 60.5 Å². The summed E-state index contributed by atoms with van der Waals surface area (Å²) in [6.07, 6.45) is -0.591. The third-order valence-electron chi connectivity index (χ3n) is 15.5. The Bertz CT molecular complexity index is 1940. The molecule has 14 atom stereocenters. The Labute approximate surface area is 326 Å². The first-order chi connectivity index (χ1) is 26.9. The second-order valence-corrected chi connectivity index (χ2v) is 17.5. The molecule has 2 amide bonds. The molecule has 300 valence electrons. The van der Waals surface area contributed by atoms with Crippen LogP contribution in [0, 0.1) is 40.4 Å². The maximum absolute atomic E-state index is 14.2. The van der Waals surface area contributed by atoms with Crippen molar-refractivity contribution in [2.75, 3.05) is 45.9 Å². The van der Waals surface area contributed by atoms with Crippen LogP contribution in [-0.4, -0.2) is 122 Å². The summed E-state index contributed by atoms with van der Waals surface area (Å²) in [5.74, 6) is -4.01. The van der Waals surface area contributed by atoms with Gasteiger partial charge < -0.3 is 33.9 Å². The fourth-order valence-electron chi connectivity index (χ4n) is 13.8. The molecule has 1 spiro atoms. The van der Waals surface area contributed by atoms with Gasteiger partial charge in [0.25, 0.3) is 0 Å². The first-order valence-electron chi connectivity index (χ1n) is 20.0. The minimum atomic E-state index is -1.86. The van der Waals surface area contributed by atoms with Gasteiger partial charge in [-0.1, -0.05) is 44.2 Å². The van der Waals surface area contributed by atoms with E-state index in [4.69, 9.17) is 23.7 Å². The quantitative estimate of drug-likeness (QED) is 0.269. The summed E-state index contributed by atoms with van der Waals surface area (Å²) < 4.78 is 31.8. The Morgan fingerprint density at radius 3 is 2.34 bits per heavy atom. The lowest BCUT2D eigenvalue weighted by atomic mass is 9.42. The molecule has 2 heterocycles. The number of amides is 2. The van der Waals surface area contributed by atoms with E-state index in [9.17, 15) is 29.4 Å². The van der Waals surface area contributed by atoms with Crippen LogP contribution < -0.4 is 4.90 Å². The van der Waals surface area contributed by atoms with Crippen LogP contribution in [0.1, 0.15) is 66.7 Å². The van der Waals surface area contributed by atoms with Crippen LogP contribution >= 0.6 is 0 Å². The number of carbonyl (C=O) groups is 4. The number of likely N-dealkylation sites (N-methyl/N-ethyl adjacent to an activating group) is 1. The summed E-state index contributed by atoms with van der Waals surface area (Å²) in [4.78, 5) is 57.3. The Balaban J connectivity index is 1.14. The molecule has 2 aliphatic heterocycles. The van der Waals surface area contributed by atoms with Gasteiger partial charge >= 0.3 is 11.9 Å².